The lowest BCUT2D eigenvalue weighted by atomic mass is 9.78. The Labute approximate surface area is 115 Å². The van der Waals surface area contributed by atoms with Crippen molar-refractivity contribution in [2.75, 3.05) is 26.0 Å². The summed E-state index contributed by atoms with van der Waals surface area (Å²) in [4.78, 5) is 13.4. The molecule has 0 bridgehead atoms. The van der Waals surface area contributed by atoms with E-state index in [1.54, 1.807) is 4.90 Å². The van der Waals surface area contributed by atoms with Crippen LogP contribution in [0.3, 0.4) is 0 Å². The first-order chi connectivity index (χ1) is 8.46. The third-order valence-electron chi connectivity index (χ3n) is 3.03. The van der Waals surface area contributed by atoms with Gasteiger partial charge in [0, 0.05) is 18.5 Å². The zero-order valence-corrected chi connectivity index (χ0v) is 13.0. The molecule has 1 aliphatic rings. The summed E-state index contributed by atoms with van der Waals surface area (Å²) in [5.41, 5.74) is -0.801. The summed E-state index contributed by atoms with van der Waals surface area (Å²) < 4.78 is 32.1. The SMILES string of the molecule is CCC1(COS(C)(=O)=O)CN(C(=O)OC(C)(C)C)C1. The first-order valence-electron chi connectivity index (χ1n) is 6.29. The molecule has 0 aliphatic carbocycles. The summed E-state index contributed by atoms with van der Waals surface area (Å²) in [6, 6.07) is 0. The van der Waals surface area contributed by atoms with Crippen LogP contribution in [0.1, 0.15) is 34.1 Å². The quantitative estimate of drug-likeness (QED) is 0.736. The monoisotopic (exact) mass is 293 g/mol. The van der Waals surface area contributed by atoms with Crippen molar-refractivity contribution in [1.82, 2.24) is 4.90 Å². The van der Waals surface area contributed by atoms with E-state index in [1.165, 1.54) is 0 Å². The minimum Gasteiger partial charge on any atom is -0.444 e. The number of ether oxygens (including phenoxy) is 1. The fraction of sp³-hybridized carbons (Fsp3) is 0.917. The zero-order chi connectivity index (χ0) is 14.9. The van der Waals surface area contributed by atoms with Gasteiger partial charge in [0.15, 0.2) is 0 Å². The van der Waals surface area contributed by atoms with Crippen LogP contribution >= 0.6 is 0 Å². The van der Waals surface area contributed by atoms with Crippen molar-refractivity contribution in [1.29, 1.82) is 0 Å². The lowest BCUT2D eigenvalue weighted by Gasteiger charge is -2.49. The van der Waals surface area contributed by atoms with Crippen molar-refractivity contribution in [3.05, 3.63) is 0 Å². The Kier molecular flexibility index (Phi) is 4.51. The Balaban J connectivity index is 2.50. The molecule has 0 unspecified atom stereocenters. The fourth-order valence-corrected chi connectivity index (χ4v) is 2.33. The van der Waals surface area contributed by atoms with Gasteiger partial charge >= 0.3 is 6.09 Å². The van der Waals surface area contributed by atoms with Gasteiger partial charge in [-0.3, -0.25) is 4.18 Å². The minimum atomic E-state index is -3.44. The van der Waals surface area contributed by atoms with Gasteiger partial charge in [-0.2, -0.15) is 8.42 Å². The second-order valence-corrected chi connectivity index (χ2v) is 7.80. The summed E-state index contributed by atoms with van der Waals surface area (Å²) >= 11 is 0. The Hall–Kier alpha value is -0.820. The molecule has 0 saturated carbocycles. The molecular formula is C12H23NO5S. The van der Waals surface area contributed by atoms with Crippen molar-refractivity contribution in [3.8, 4) is 0 Å². The van der Waals surface area contributed by atoms with Crippen LogP contribution in [0.4, 0.5) is 4.79 Å². The van der Waals surface area contributed by atoms with Crippen molar-refractivity contribution in [3.63, 3.8) is 0 Å². The van der Waals surface area contributed by atoms with Crippen LogP contribution < -0.4 is 0 Å². The standard InChI is InChI=1S/C12H23NO5S/c1-6-12(9-17-19(5,15)16)7-13(8-12)10(14)18-11(2,3)4/h6-9H2,1-5H3. The molecule has 1 fully saturated rings. The van der Waals surface area contributed by atoms with Gasteiger partial charge in [0.1, 0.15) is 5.60 Å². The Bertz CT molecular complexity index is 432. The molecule has 0 aromatic carbocycles. The zero-order valence-electron chi connectivity index (χ0n) is 12.2. The number of carbonyl (C=O) groups excluding carboxylic acids is 1. The summed E-state index contributed by atoms with van der Waals surface area (Å²) in [5, 5.41) is 0. The van der Waals surface area contributed by atoms with E-state index < -0.39 is 15.7 Å². The summed E-state index contributed by atoms with van der Waals surface area (Å²) in [6.45, 7) is 8.43. The van der Waals surface area contributed by atoms with Gasteiger partial charge in [0.2, 0.25) is 0 Å². The van der Waals surface area contributed by atoms with Crippen LogP contribution in [0.25, 0.3) is 0 Å². The first-order valence-corrected chi connectivity index (χ1v) is 8.10. The summed E-state index contributed by atoms with van der Waals surface area (Å²) in [5.74, 6) is 0. The maximum Gasteiger partial charge on any atom is 0.410 e. The Morgan fingerprint density at radius 2 is 1.84 bits per heavy atom. The normalized spacial score (nSPS) is 18.9. The van der Waals surface area contributed by atoms with Gasteiger partial charge in [-0.05, 0) is 27.2 Å². The molecule has 1 rings (SSSR count). The maximum absolute atomic E-state index is 11.8. The number of carbonyl (C=O) groups is 1. The van der Waals surface area contributed by atoms with Crippen LogP contribution in [0.5, 0.6) is 0 Å². The molecule has 6 nitrogen and oxygen atoms in total. The van der Waals surface area contributed by atoms with E-state index in [0.717, 1.165) is 12.7 Å². The number of rotatable bonds is 4. The fourth-order valence-electron chi connectivity index (χ4n) is 1.87. The molecule has 0 spiro atoms. The molecule has 0 radical (unpaired) electrons. The van der Waals surface area contributed by atoms with Gasteiger partial charge < -0.3 is 9.64 Å². The van der Waals surface area contributed by atoms with Crippen LogP contribution in [-0.4, -0.2) is 51.0 Å². The van der Waals surface area contributed by atoms with E-state index in [0.29, 0.717) is 13.1 Å². The number of hydrogen-bond donors (Lipinski definition) is 0. The van der Waals surface area contributed by atoms with Gasteiger partial charge in [-0.15, -0.1) is 0 Å². The molecule has 0 N–H and O–H groups in total. The van der Waals surface area contributed by atoms with E-state index in [4.69, 9.17) is 8.92 Å². The maximum atomic E-state index is 11.8. The lowest BCUT2D eigenvalue weighted by Crippen LogP contribution is -2.61. The highest BCUT2D eigenvalue weighted by molar-refractivity contribution is 7.85. The average molecular weight is 293 g/mol. The molecular weight excluding hydrogens is 270 g/mol. The highest BCUT2D eigenvalue weighted by Crippen LogP contribution is 2.35. The van der Waals surface area contributed by atoms with Crippen molar-refractivity contribution >= 4 is 16.2 Å². The van der Waals surface area contributed by atoms with Crippen LogP contribution in [0, 0.1) is 5.41 Å². The molecule has 0 atom stereocenters. The summed E-state index contributed by atoms with van der Waals surface area (Å²) in [7, 11) is -3.44. The molecule has 1 amide bonds. The van der Waals surface area contributed by atoms with Crippen molar-refractivity contribution in [2.45, 2.75) is 39.7 Å². The second-order valence-electron chi connectivity index (χ2n) is 6.16. The van der Waals surface area contributed by atoms with Crippen LogP contribution in [-0.2, 0) is 19.0 Å². The van der Waals surface area contributed by atoms with E-state index in [2.05, 4.69) is 0 Å². The second kappa shape index (κ2) is 5.28. The largest absolute Gasteiger partial charge is 0.444 e. The van der Waals surface area contributed by atoms with Crippen molar-refractivity contribution in [2.24, 2.45) is 5.41 Å². The van der Waals surface area contributed by atoms with E-state index in [9.17, 15) is 13.2 Å². The molecule has 112 valence electrons. The predicted molar refractivity (Wildman–Crippen MR) is 71.3 cm³/mol. The Morgan fingerprint density at radius 1 is 1.32 bits per heavy atom. The van der Waals surface area contributed by atoms with E-state index in [1.807, 2.05) is 27.7 Å². The lowest BCUT2D eigenvalue weighted by molar-refractivity contribution is -0.0517. The number of hydrogen-bond acceptors (Lipinski definition) is 5. The van der Waals surface area contributed by atoms with Crippen molar-refractivity contribution < 1.29 is 22.1 Å². The topological polar surface area (TPSA) is 72.9 Å². The molecule has 1 heterocycles. The Morgan fingerprint density at radius 3 is 2.21 bits per heavy atom. The molecule has 0 aromatic heterocycles. The highest BCUT2D eigenvalue weighted by atomic mass is 32.2. The third-order valence-corrected chi connectivity index (χ3v) is 3.58. The first kappa shape index (κ1) is 16.2. The minimum absolute atomic E-state index is 0.113. The number of amides is 1. The number of likely N-dealkylation sites (tertiary alicyclic amines) is 1. The van der Waals surface area contributed by atoms with Gasteiger partial charge in [-0.25, -0.2) is 4.79 Å². The van der Waals surface area contributed by atoms with Gasteiger partial charge in [0.25, 0.3) is 10.1 Å². The molecule has 1 aliphatic heterocycles. The highest BCUT2D eigenvalue weighted by Gasteiger charge is 2.46. The molecule has 7 heteroatoms. The molecule has 1 saturated heterocycles. The number of nitrogens with zero attached hydrogens (tertiary/aromatic N) is 1. The van der Waals surface area contributed by atoms with E-state index >= 15 is 0 Å². The molecule has 19 heavy (non-hydrogen) atoms. The third kappa shape index (κ3) is 4.99. The van der Waals surface area contributed by atoms with Crippen LogP contribution in [0.15, 0.2) is 0 Å². The predicted octanol–water partition coefficient (Wildman–Crippen LogP) is 1.61. The van der Waals surface area contributed by atoms with Gasteiger partial charge in [-0.1, -0.05) is 6.92 Å². The van der Waals surface area contributed by atoms with Gasteiger partial charge in [0.05, 0.1) is 12.9 Å². The van der Waals surface area contributed by atoms with Crippen LogP contribution in [0.2, 0.25) is 0 Å². The average Bonchev–Trinajstić information content (AvgIpc) is 2.11. The van der Waals surface area contributed by atoms with E-state index in [-0.39, 0.29) is 18.1 Å². The molecule has 0 aromatic rings. The smallest absolute Gasteiger partial charge is 0.410 e. The summed E-state index contributed by atoms with van der Waals surface area (Å²) in [6.07, 6.45) is 1.42.